The second-order valence-corrected chi connectivity index (χ2v) is 8.38. The molecule has 9 heteroatoms. The van der Waals surface area contributed by atoms with E-state index in [1.807, 2.05) is 24.3 Å². The van der Waals surface area contributed by atoms with Crippen molar-refractivity contribution < 1.29 is 14.4 Å². The molecule has 9 nitrogen and oxygen atoms in total. The molecule has 3 amide bonds. The van der Waals surface area contributed by atoms with Crippen LogP contribution in [0.3, 0.4) is 0 Å². The fourth-order valence-corrected chi connectivity index (χ4v) is 4.97. The molecule has 4 heterocycles. The number of benzene rings is 2. The summed E-state index contributed by atoms with van der Waals surface area (Å²) in [5.41, 5.74) is 9.93. The Morgan fingerprint density at radius 2 is 2.00 bits per heavy atom. The van der Waals surface area contributed by atoms with Crippen molar-refractivity contribution in [3.63, 3.8) is 0 Å². The Labute approximate surface area is 183 Å². The number of nitrogen functional groups attached to an aromatic ring is 1. The standard InChI is InChI=1S/C23H20N6O3/c24-23-25-10-13-11-28(7-6-16(13)26-23)14-8-12-2-1-3-17-20(12)15(9-14)22(32)29(17)18-4-5-19(30)27-21(18)31/h1-3,8-10,18H,4-7,11H2,(H2,24,25,26)(H,27,30,31). The van der Waals surface area contributed by atoms with Gasteiger partial charge in [0.1, 0.15) is 6.04 Å². The molecule has 3 aliphatic heterocycles. The maximum Gasteiger partial charge on any atom is 0.259 e. The molecule has 0 aliphatic carbocycles. The smallest absolute Gasteiger partial charge is 0.259 e. The lowest BCUT2D eigenvalue weighted by atomic mass is 10.0. The summed E-state index contributed by atoms with van der Waals surface area (Å²) in [6.45, 7) is 1.38. The molecule has 0 spiro atoms. The minimum atomic E-state index is -0.689. The van der Waals surface area contributed by atoms with Gasteiger partial charge in [-0.05, 0) is 30.0 Å². The van der Waals surface area contributed by atoms with Crippen molar-refractivity contribution in [3.8, 4) is 0 Å². The molecule has 3 aromatic rings. The number of nitrogens with two attached hydrogens (primary N) is 1. The Morgan fingerprint density at radius 3 is 2.84 bits per heavy atom. The highest BCUT2D eigenvalue weighted by atomic mass is 16.2. The summed E-state index contributed by atoms with van der Waals surface area (Å²) in [5.74, 6) is -0.651. The maximum atomic E-state index is 13.5. The number of nitrogens with zero attached hydrogens (tertiary/aromatic N) is 4. The lowest BCUT2D eigenvalue weighted by Crippen LogP contribution is -2.53. The first-order valence-electron chi connectivity index (χ1n) is 10.6. The zero-order chi connectivity index (χ0) is 22.0. The van der Waals surface area contributed by atoms with Gasteiger partial charge in [0.05, 0.1) is 16.9 Å². The molecule has 2 aromatic carbocycles. The molecule has 32 heavy (non-hydrogen) atoms. The van der Waals surface area contributed by atoms with Crippen molar-refractivity contribution in [2.75, 3.05) is 22.1 Å². The van der Waals surface area contributed by atoms with Crippen LogP contribution >= 0.6 is 0 Å². The molecule has 1 atom stereocenters. The summed E-state index contributed by atoms with van der Waals surface area (Å²) in [4.78, 5) is 49.8. The van der Waals surface area contributed by atoms with Gasteiger partial charge in [-0.3, -0.25) is 24.6 Å². The summed E-state index contributed by atoms with van der Waals surface area (Å²) in [6.07, 6.45) is 3.04. The Bertz CT molecular complexity index is 1340. The van der Waals surface area contributed by atoms with Crippen molar-refractivity contribution in [3.05, 3.63) is 53.3 Å². The monoisotopic (exact) mass is 428 g/mol. The predicted molar refractivity (Wildman–Crippen MR) is 118 cm³/mol. The number of hydrogen-bond acceptors (Lipinski definition) is 7. The molecular formula is C23H20N6O3. The van der Waals surface area contributed by atoms with E-state index in [1.54, 1.807) is 11.1 Å². The third kappa shape index (κ3) is 2.74. The fraction of sp³-hybridized carbons (Fsp3) is 0.261. The van der Waals surface area contributed by atoms with E-state index in [4.69, 9.17) is 5.73 Å². The topological polar surface area (TPSA) is 122 Å². The van der Waals surface area contributed by atoms with Crippen LogP contribution in [0.2, 0.25) is 0 Å². The van der Waals surface area contributed by atoms with Crippen LogP contribution in [0.4, 0.5) is 17.3 Å². The van der Waals surface area contributed by atoms with Crippen molar-refractivity contribution in [1.82, 2.24) is 15.3 Å². The van der Waals surface area contributed by atoms with Crippen LogP contribution in [-0.2, 0) is 22.6 Å². The Balaban J connectivity index is 1.39. The molecule has 1 aromatic heterocycles. The zero-order valence-corrected chi connectivity index (χ0v) is 17.2. The van der Waals surface area contributed by atoms with Crippen LogP contribution in [-0.4, -0.2) is 40.3 Å². The third-order valence-electron chi connectivity index (χ3n) is 6.49. The minimum Gasteiger partial charge on any atom is -0.368 e. The first-order chi connectivity index (χ1) is 15.5. The first-order valence-corrected chi connectivity index (χ1v) is 10.6. The molecular weight excluding hydrogens is 408 g/mol. The normalized spacial score (nSPS) is 20.0. The predicted octanol–water partition coefficient (Wildman–Crippen LogP) is 1.54. The number of anilines is 3. The van der Waals surface area contributed by atoms with Crippen molar-refractivity contribution in [2.45, 2.75) is 31.8 Å². The Kier molecular flexibility index (Phi) is 3.95. The SMILES string of the molecule is Nc1ncc2c(n1)CCN(c1cc3c4c(cccc4c1)N(C1CCC(=O)NC1=O)C3=O)C2. The van der Waals surface area contributed by atoms with E-state index in [0.29, 0.717) is 18.5 Å². The number of carbonyl (C=O) groups is 3. The highest BCUT2D eigenvalue weighted by Crippen LogP contribution is 2.42. The zero-order valence-electron chi connectivity index (χ0n) is 17.2. The quantitative estimate of drug-likeness (QED) is 0.594. The number of carbonyl (C=O) groups excluding carboxylic acids is 3. The number of fused-ring (bicyclic) bond motifs is 1. The summed E-state index contributed by atoms with van der Waals surface area (Å²) >= 11 is 0. The van der Waals surface area contributed by atoms with Crippen LogP contribution < -0.4 is 20.9 Å². The maximum absolute atomic E-state index is 13.5. The number of nitrogens with one attached hydrogen (secondary N) is 1. The van der Waals surface area contributed by atoms with E-state index in [0.717, 1.165) is 46.4 Å². The van der Waals surface area contributed by atoms with E-state index in [9.17, 15) is 14.4 Å². The van der Waals surface area contributed by atoms with Gasteiger partial charge in [-0.25, -0.2) is 9.97 Å². The number of rotatable bonds is 2. The van der Waals surface area contributed by atoms with E-state index in [1.165, 1.54) is 0 Å². The molecule has 3 aliphatic rings. The summed E-state index contributed by atoms with van der Waals surface area (Å²) < 4.78 is 0. The average Bonchev–Trinajstić information content (AvgIpc) is 3.06. The number of hydrogen-bond donors (Lipinski definition) is 2. The largest absolute Gasteiger partial charge is 0.368 e. The fourth-order valence-electron chi connectivity index (χ4n) is 4.97. The number of imide groups is 1. The molecule has 160 valence electrons. The minimum absolute atomic E-state index is 0.207. The van der Waals surface area contributed by atoms with Crippen LogP contribution in [0, 0.1) is 0 Å². The molecule has 0 saturated carbocycles. The second kappa shape index (κ2) is 6.74. The van der Waals surface area contributed by atoms with E-state index in [2.05, 4.69) is 26.3 Å². The van der Waals surface area contributed by atoms with Crippen molar-refractivity contribution in [2.24, 2.45) is 0 Å². The molecule has 1 saturated heterocycles. The highest BCUT2D eigenvalue weighted by molar-refractivity contribution is 6.27. The Hall–Kier alpha value is -4.01. The summed E-state index contributed by atoms with van der Waals surface area (Å²) in [5, 5.41) is 4.15. The average molecular weight is 428 g/mol. The van der Waals surface area contributed by atoms with Gasteiger partial charge in [-0.2, -0.15) is 0 Å². The van der Waals surface area contributed by atoms with Gasteiger partial charge < -0.3 is 10.6 Å². The van der Waals surface area contributed by atoms with Crippen LogP contribution in [0.25, 0.3) is 10.8 Å². The van der Waals surface area contributed by atoms with Gasteiger partial charge in [-0.1, -0.05) is 12.1 Å². The number of amides is 3. The molecule has 0 radical (unpaired) electrons. The van der Waals surface area contributed by atoms with Crippen LogP contribution in [0.15, 0.2) is 36.5 Å². The van der Waals surface area contributed by atoms with Crippen molar-refractivity contribution in [1.29, 1.82) is 0 Å². The third-order valence-corrected chi connectivity index (χ3v) is 6.49. The summed E-state index contributed by atoms with van der Waals surface area (Å²) in [7, 11) is 0. The van der Waals surface area contributed by atoms with Gasteiger partial charge in [0, 0.05) is 48.8 Å². The lowest BCUT2D eigenvalue weighted by molar-refractivity contribution is -0.134. The van der Waals surface area contributed by atoms with E-state index >= 15 is 0 Å². The van der Waals surface area contributed by atoms with Gasteiger partial charge in [0.2, 0.25) is 17.8 Å². The van der Waals surface area contributed by atoms with Gasteiger partial charge >= 0.3 is 0 Å². The molecule has 1 unspecified atom stereocenters. The van der Waals surface area contributed by atoms with Gasteiger partial charge in [0.25, 0.3) is 5.91 Å². The highest BCUT2D eigenvalue weighted by Gasteiger charge is 2.41. The van der Waals surface area contributed by atoms with Gasteiger partial charge in [0.15, 0.2) is 0 Å². The van der Waals surface area contributed by atoms with Gasteiger partial charge in [-0.15, -0.1) is 0 Å². The second-order valence-electron chi connectivity index (χ2n) is 8.38. The van der Waals surface area contributed by atoms with Crippen LogP contribution in [0.5, 0.6) is 0 Å². The number of aromatic nitrogens is 2. The molecule has 3 N–H and O–H groups in total. The Morgan fingerprint density at radius 1 is 1.12 bits per heavy atom. The van der Waals surface area contributed by atoms with E-state index in [-0.39, 0.29) is 24.2 Å². The van der Waals surface area contributed by atoms with Crippen LogP contribution in [0.1, 0.15) is 34.5 Å². The summed E-state index contributed by atoms with van der Waals surface area (Å²) in [6, 6.07) is 9.03. The van der Waals surface area contributed by atoms with Crippen molar-refractivity contribution >= 4 is 45.8 Å². The lowest BCUT2D eigenvalue weighted by Gasteiger charge is -2.30. The molecule has 6 rings (SSSR count). The first kappa shape index (κ1) is 18.7. The number of piperidine rings is 1. The molecule has 0 bridgehead atoms. The molecule has 1 fully saturated rings. The van der Waals surface area contributed by atoms with E-state index < -0.39 is 11.9 Å².